The number of halogens is 4. The van der Waals surface area contributed by atoms with E-state index in [9.17, 15) is 37.4 Å². The van der Waals surface area contributed by atoms with Crippen LogP contribution in [-0.2, 0) is 15.8 Å². The summed E-state index contributed by atoms with van der Waals surface area (Å²) >= 11 is 0. The third kappa shape index (κ3) is 6.33. The summed E-state index contributed by atoms with van der Waals surface area (Å²) in [6, 6.07) is 12.0. The highest BCUT2D eigenvalue weighted by molar-refractivity contribution is 6.00. The van der Waals surface area contributed by atoms with E-state index in [1.165, 1.54) is 31.2 Å². The maximum absolute atomic E-state index is 15.0. The number of benzene rings is 2. The number of nitrogens with zero attached hydrogens (tertiary/aromatic N) is 2. The van der Waals surface area contributed by atoms with Crippen LogP contribution in [-0.4, -0.2) is 69.6 Å². The van der Waals surface area contributed by atoms with Crippen molar-refractivity contribution in [3.8, 4) is 22.8 Å². The average Bonchev–Trinajstić information content (AvgIpc) is 4.02. The van der Waals surface area contributed by atoms with Crippen LogP contribution >= 0.6 is 0 Å². The van der Waals surface area contributed by atoms with Gasteiger partial charge in [-0.25, -0.2) is 9.37 Å². The minimum atomic E-state index is -5.37. The van der Waals surface area contributed by atoms with Crippen molar-refractivity contribution < 1.29 is 46.8 Å². The lowest BCUT2D eigenvalue weighted by Gasteiger charge is -2.31. The molecule has 0 unspecified atom stereocenters. The van der Waals surface area contributed by atoms with E-state index in [0.29, 0.717) is 35.9 Å². The van der Waals surface area contributed by atoms with Crippen LogP contribution in [0, 0.1) is 5.82 Å². The Bertz CT molecular complexity index is 1980. The molecule has 50 heavy (non-hydrogen) atoms. The Balaban J connectivity index is 1.24. The molecule has 2 aromatic carbocycles. The Kier molecular flexibility index (Phi) is 8.21. The van der Waals surface area contributed by atoms with Crippen molar-refractivity contribution in [1.29, 1.82) is 0 Å². The van der Waals surface area contributed by atoms with Crippen molar-refractivity contribution in [2.75, 3.05) is 19.7 Å². The molecule has 4 N–H and O–H groups in total. The highest BCUT2D eigenvalue weighted by atomic mass is 19.4. The van der Waals surface area contributed by atoms with Crippen LogP contribution in [0.2, 0.25) is 0 Å². The number of carbonyl (C=O) groups is 2. The van der Waals surface area contributed by atoms with Gasteiger partial charge in [0.2, 0.25) is 11.5 Å². The van der Waals surface area contributed by atoms with Crippen molar-refractivity contribution >= 4 is 22.7 Å². The maximum Gasteiger partial charge on any atom is 0.424 e. The SMILES string of the molecule is C[C@]1(C(=O)NCCC2(O)CC2)COc2c1cc([C@@](O)(CNC(=O)c1cc(OC3CC3)c3ncccc3c1)C(F)(F)F)nc2-c1ccc(F)cc1. The highest BCUT2D eigenvalue weighted by Crippen LogP contribution is 2.48. The first-order valence-electron chi connectivity index (χ1n) is 16.3. The number of nitrogens with one attached hydrogen (secondary N) is 2. The van der Waals surface area contributed by atoms with Crippen molar-refractivity contribution in [3.63, 3.8) is 0 Å². The molecule has 7 rings (SSSR count). The molecule has 0 radical (unpaired) electrons. The molecule has 14 heteroatoms. The fourth-order valence-electron chi connectivity index (χ4n) is 5.98. The molecule has 1 aliphatic heterocycles. The van der Waals surface area contributed by atoms with Gasteiger partial charge in [0.25, 0.3) is 5.91 Å². The van der Waals surface area contributed by atoms with E-state index in [1.807, 2.05) is 0 Å². The Hall–Kier alpha value is -4.82. The van der Waals surface area contributed by atoms with Gasteiger partial charge in [-0.2, -0.15) is 13.2 Å². The van der Waals surface area contributed by atoms with E-state index in [2.05, 4.69) is 20.6 Å². The lowest BCUT2D eigenvalue weighted by atomic mass is 9.81. The van der Waals surface area contributed by atoms with E-state index in [0.717, 1.165) is 31.0 Å². The summed E-state index contributed by atoms with van der Waals surface area (Å²) < 4.78 is 70.6. The summed E-state index contributed by atoms with van der Waals surface area (Å²) in [7, 11) is 0. The van der Waals surface area contributed by atoms with Crippen LogP contribution in [0.25, 0.3) is 22.2 Å². The van der Waals surface area contributed by atoms with Crippen LogP contribution < -0.4 is 20.1 Å². The van der Waals surface area contributed by atoms with Gasteiger partial charge in [0, 0.05) is 34.8 Å². The second kappa shape index (κ2) is 12.2. The number of hydrogen-bond donors (Lipinski definition) is 4. The quantitative estimate of drug-likeness (QED) is 0.164. The van der Waals surface area contributed by atoms with Crippen molar-refractivity contribution in [3.05, 3.63) is 83.4 Å². The second-order valence-electron chi connectivity index (χ2n) is 13.5. The topological polar surface area (TPSA) is 143 Å². The average molecular weight is 695 g/mol. The molecule has 3 aliphatic rings. The van der Waals surface area contributed by atoms with E-state index < -0.39 is 52.7 Å². The van der Waals surface area contributed by atoms with Gasteiger partial charge < -0.3 is 30.3 Å². The highest BCUT2D eigenvalue weighted by Gasteiger charge is 2.58. The van der Waals surface area contributed by atoms with Gasteiger partial charge in [-0.05, 0) is 87.6 Å². The monoisotopic (exact) mass is 694 g/mol. The fraction of sp³-hybridized carbons (Fsp3) is 0.389. The number of fused-ring (bicyclic) bond motifs is 2. The fourth-order valence-corrected chi connectivity index (χ4v) is 5.98. The van der Waals surface area contributed by atoms with Crippen LogP contribution in [0.3, 0.4) is 0 Å². The minimum Gasteiger partial charge on any atom is -0.489 e. The van der Waals surface area contributed by atoms with E-state index >= 15 is 0 Å². The zero-order chi connectivity index (χ0) is 35.5. The second-order valence-corrected chi connectivity index (χ2v) is 13.5. The van der Waals surface area contributed by atoms with Crippen LogP contribution in [0.5, 0.6) is 11.5 Å². The molecule has 2 atom stereocenters. The molecule has 0 bridgehead atoms. The molecule has 3 heterocycles. The summed E-state index contributed by atoms with van der Waals surface area (Å²) in [5.41, 5.74) is -6.49. The molecule has 2 aromatic heterocycles. The van der Waals surface area contributed by atoms with Gasteiger partial charge in [0.15, 0.2) is 0 Å². The zero-order valence-corrected chi connectivity index (χ0v) is 26.9. The molecule has 2 saturated carbocycles. The normalized spacial score (nSPS) is 20.4. The summed E-state index contributed by atoms with van der Waals surface area (Å²) in [5, 5.41) is 27.2. The van der Waals surface area contributed by atoms with E-state index in [1.54, 1.807) is 18.3 Å². The Labute approximate surface area is 283 Å². The number of pyridine rings is 2. The largest absolute Gasteiger partial charge is 0.489 e. The molecule has 0 saturated heterocycles. The van der Waals surface area contributed by atoms with Crippen molar-refractivity contribution in [1.82, 2.24) is 20.6 Å². The number of rotatable bonds is 11. The molecule has 262 valence electrons. The first-order chi connectivity index (χ1) is 23.7. The Morgan fingerprint density at radius 3 is 2.50 bits per heavy atom. The maximum atomic E-state index is 15.0. The van der Waals surface area contributed by atoms with Gasteiger partial charge in [-0.1, -0.05) is 6.07 Å². The molecule has 2 amide bonds. The van der Waals surface area contributed by atoms with Gasteiger partial charge in [0.1, 0.15) is 40.5 Å². The smallest absolute Gasteiger partial charge is 0.424 e. The lowest BCUT2D eigenvalue weighted by molar-refractivity contribution is -0.265. The summed E-state index contributed by atoms with van der Waals surface area (Å²) in [5.74, 6) is -1.77. The minimum absolute atomic E-state index is 0.000329. The predicted molar refractivity (Wildman–Crippen MR) is 172 cm³/mol. The molecule has 10 nitrogen and oxygen atoms in total. The molecule has 2 aliphatic carbocycles. The third-order valence-electron chi connectivity index (χ3n) is 9.54. The Morgan fingerprint density at radius 1 is 1.08 bits per heavy atom. The van der Waals surface area contributed by atoms with E-state index in [4.69, 9.17) is 9.47 Å². The number of aliphatic hydroxyl groups is 2. The lowest BCUT2D eigenvalue weighted by Crippen LogP contribution is -2.52. The standard InChI is InChI=1S/C36H34F4N4O6/c1-33(32(46)42-14-12-34(47)10-11-34)19-49-30-25(33)17-27(44-29(30)20-4-6-23(37)7-5-20)35(48,36(38,39)40)18-43-31(45)22-15-21-3-2-13-41-28(21)26(16-22)50-24-8-9-24/h2-7,13,15-17,24,47-48H,8-12,14,18-19H2,1H3,(H,42,46)(H,43,45)/t33-,35-/m0/s1. The van der Waals surface area contributed by atoms with Gasteiger partial charge in [0.05, 0.1) is 23.9 Å². The van der Waals surface area contributed by atoms with E-state index in [-0.39, 0.29) is 47.4 Å². The summed E-state index contributed by atoms with van der Waals surface area (Å²) in [6.45, 7) is 0.0134. The van der Waals surface area contributed by atoms with Gasteiger partial charge >= 0.3 is 6.18 Å². The third-order valence-corrected chi connectivity index (χ3v) is 9.54. The molecule has 2 fully saturated rings. The van der Waals surface area contributed by atoms with Crippen molar-refractivity contribution in [2.24, 2.45) is 0 Å². The Morgan fingerprint density at radius 2 is 1.82 bits per heavy atom. The molecular weight excluding hydrogens is 660 g/mol. The number of hydrogen-bond acceptors (Lipinski definition) is 8. The number of carbonyl (C=O) groups excluding carboxylic acids is 2. The van der Waals surface area contributed by atoms with Crippen molar-refractivity contribution in [2.45, 2.75) is 67.9 Å². The number of aromatic nitrogens is 2. The van der Waals surface area contributed by atoms with Gasteiger partial charge in [-0.15, -0.1) is 0 Å². The molecule has 0 spiro atoms. The van der Waals surface area contributed by atoms with Gasteiger partial charge in [-0.3, -0.25) is 14.6 Å². The van der Waals surface area contributed by atoms with Crippen LogP contribution in [0.15, 0.2) is 60.8 Å². The first kappa shape index (κ1) is 33.7. The summed E-state index contributed by atoms with van der Waals surface area (Å²) in [4.78, 5) is 35.5. The number of ether oxygens (including phenoxy) is 2. The predicted octanol–water partition coefficient (Wildman–Crippen LogP) is 4.84. The molecule has 4 aromatic rings. The molecular formula is C36H34F4N4O6. The van der Waals surface area contributed by atoms with Crippen LogP contribution in [0.4, 0.5) is 17.6 Å². The number of alkyl halides is 3. The van der Waals surface area contributed by atoms with Crippen LogP contribution in [0.1, 0.15) is 60.6 Å². The zero-order valence-electron chi connectivity index (χ0n) is 26.9. The summed E-state index contributed by atoms with van der Waals surface area (Å²) in [6.07, 6.45) is -0.667. The number of amides is 2. The first-order valence-corrected chi connectivity index (χ1v) is 16.3.